The zero-order chi connectivity index (χ0) is 10.1. The Morgan fingerprint density at radius 2 is 2.23 bits per heavy atom. The average molecular weight is 224 g/mol. The van der Waals surface area contributed by atoms with Gasteiger partial charge in [0.25, 0.3) is 8.15 Å². The predicted molar refractivity (Wildman–Crippen MR) is 57.1 cm³/mol. The number of rotatable bonds is 7. The van der Waals surface area contributed by atoms with Crippen LogP contribution in [0.4, 0.5) is 4.20 Å². The van der Waals surface area contributed by atoms with E-state index in [9.17, 15) is 8.99 Å². The Hall–Kier alpha value is -0.0000000000000000555. The molecule has 0 aliphatic rings. The van der Waals surface area contributed by atoms with E-state index in [0.717, 1.165) is 25.7 Å². The minimum absolute atomic E-state index is 0.314. The van der Waals surface area contributed by atoms with E-state index in [1.54, 1.807) is 0 Å². The molecule has 0 heterocycles. The second-order valence-electron chi connectivity index (χ2n) is 2.62. The molecule has 5 heteroatoms. The lowest BCUT2D eigenvalue weighted by Gasteiger charge is -2.02. The molecule has 0 aromatic heterocycles. The van der Waals surface area contributed by atoms with E-state index in [-0.39, 0.29) is 0 Å². The molecule has 2 unspecified atom stereocenters. The fourth-order valence-corrected chi connectivity index (χ4v) is 1.52. The highest BCUT2D eigenvalue weighted by Gasteiger charge is 2.07. The van der Waals surface area contributed by atoms with Gasteiger partial charge in [-0.05, 0) is 28.2 Å². The summed E-state index contributed by atoms with van der Waals surface area (Å²) in [6, 6.07) is 0. The first-order chi connectivity index (χ1) is 6.16. The number of allylic oxidation sites excluding steroid dienone is 1. The SMILES string of the molecule is C=CCCCCCC(=O)OP(F)P. The summed E-state index contributed by atoms with van der Waals surface area (Å²) in [6.07, 6.45) is 5.88. The van der Waals surface area contributed by atoms with Gasteiger partial charge < -0.3 is 4.52 Å². The Kier molecular flexibility index (Phi) is 8.59. The molecule has 0 aromatic carbocycles. The summed E-state index contributed by atoms with van der Waals surface area (Å²) in [5, 5.41) is 0. The first kappa shape index (κ1) is 13.0. The molecule has 13 heavy (non-hydrogen) atoms. The average Bonchev–Trinajstić information content (AvgIpc) is 2.02. The van der Waals surface area contributed by atoms with Crippen LogP contribution >= 0.6 is 17.1 Å². The van der Waals surface area contributed by atoms with E-state index >= 15 is 0 Å². The summed E-state index contributed by atoms with van der Waals surface area (Å²) in [4.78, 5) is 10.8. The number of hydrogen-bond acceptors (Lipinski definition) is 2. The van der Waals surface area contributed by atoms with Crippen molar-refractivity contribution in [3.8, 4) is 0 Å². The molecular formula is C8H15FO2P2. The molecule has 0 aliphatic heterocycles. The quantitative estimate of drug-likeness (QED) is 0.374. The highest BCUT2D eigenvalue weighted by molar-refractivity contribution is 8.08. The van der Waals surface area contributed by atoms with Crippen molar-refractivity contribution in [2.45, 2.75) is 32.1 Å². The predicted octanol–water partition coefficient (Wildman–Crippen LogP) is 3.74. The third-order valence-electron chi connectivity index (χ3n) is 1.48. The maximum atomic E-state index is 12.2. The third-order valence-corrected chi connectivity index (χ3v) is 2.17. The lowest BCUT2D eigenvalue weighted by molar-refractivity contribution is -0.133. The molecule has 0 fully saturated rings. The smallest absolute Gasteiger partial charge is 0.310 e. The van der Waals surface area contributed by atoms with Crippen LogP contribution in [0.15, 0.2) is 12.7 Å². The number of carbonyl (C=O) groups excluding carboxylic acids is 1. The second kappa shape index (κ2) is 8.59. The normalized spacial score (nSPS) is 12.2. The van der Waals surface area contributed by atoms with Gasteiger partial charge in [-0.3, -0.25) is 4.79 Å². The van der Waals surface area contributed by atoms with Gasteiger partial charge in [0.05, 0.1) is 0 Å². The van der Waals surface area contributed by atoms with Crippen LogP contribution in [0.5, 0.6) is 0 Å². The van der Waals surface area contributed by atoms with Crippen molar-refractivity contribution in [2.24, 2.45) is 0 Å². The summed E-state index contributed by atoms with van der Waals surface area (Å²) in [5.41, 5.74) is 0. The minimum Gasteiger partial charge on any atom is -0.410 e. The topological polar surface area (TPSA) is 26.3 Å². The maximum absolute atomic E-state index is 12.2. The van der Waals surface area contributed by atoms with Crippen molar-refractivity contribution in [1.82, 2.24) is 0 Å². The van der Waals surface area contributed by atoms with Crippen LogP contribution in [0, 0.1) is 0 Å². The Morgan fingerprint density at radius 1 is 1.54 bits per heavy atom. The first-order valence-electron chi connectivity index (χ1n) is 4.19. The van der Waals surface area contributed by atoms with Gasteiger partial charge in [-0.2, -0.15) is 4.20 Å². The summed E-state index contributed by atoms with van der Waals surface area (Å²) in [6.45, 7) is 3.59. The van der Waals surface area contributed by atoms with Crippen molar-refractivity contribution in [1.29, 1.82) is 0 Å². The van der Waals surface area contributed by atoms with Gasteiger partial charge in [0.1, 0.15) is 0 Å². The maximum Gasteiger partial charge on any atom is 0.310 e. The molecule has 0 saturated heterocycles. The molecular weight excluding hydrogens is 209 g/mol. The number of halogens is 1. The summed E-state index contributed by atoms with van der Waals surface area (Å²) in [5.74, 6) is -0.442. The minimum atomic E-state index is -2.12. The van der Waals surface area contributed by atoms with Gasteiger partial charge in [-0.15, -0.1) is 6.58 Å². The Morgan fingerprint density at radius 3 is 2.77 bits per heavy atom. The molecule has 0 N–H and O–H groups in total. The van der Waals surface area contributed by atoms with Gasteiger partial charge in [-0.1, -0.05) is 12.5 Å². The Balaban J connectivity index is 3.22. The molecule has 2 atom stereocenters. The number of carbonyl (C=O) groups is 1. The zero-order valence-electron chi connectivity index (χ0n) is 7.54. The van der Waals surface area contributed by atoms with Gasteiger partial charge >= 0.3 is 5.97 Å². The molecule has 0 aliphatic carbocycles. The second-order valence-corrected chi connectivity index (χ2v) is 4.57. The van der Waals surface area contributed by atoms with Gasteiger partial charge in [-0.25, -0.2) is 0 Å². The standard InChI is InChI=1S/C8H15FO2P2/c1-2-3-4-5-6-7-8(10)11-13(9)12/h2H,1,3-7,12H2. The number of hydrogen-bond donors (Lipinski definition) is 0. The number of unbranched alkanes of at least 4 members (excludes halogenated alkanes) is 3. The lowest BCUT2D eigenvalue weighted by atomic mass is 10.1. The van der Waals surface area contributed by atoms with Crippen molar-refractivity contribution in [2.75, 3.05) is 0 Å². The van der Waals surface area contributed by atoms with E-state index in [1.807, 2.05) is 15.0 Å². The van der Waals surface area contributed by atoms with E-state index in [0.29, 0.717) is 6.42 Å². The fraction of sp³-hybridized carbons (Fsp3) is 0.625. The highest BCUT2D eigenvalue weighted by atomic mass is 32.0. The first-order valence-corrected chi connectivity index (χ1v) is 6.96. The molecule has 2 nitrogen and oxygen atoms in total. The Bertz CT molecular complexity index is 162. The van der Waals surface area contributed by atoms with E-state index < -0.39 is 14.1 Å². The van der Waals surface area contributed by atoms with Gasteiger partial charge in [0.2, 0.25) is 0 Å². The lowest BCUT2D eigenvalue weighted by Crippen LogP contribution is -1.97. The summed E-state index contributed by atoms with van der Waals surface area (Å²) >= 11 is 0. The van der Waals surface area contributed by atoms with Crippen molar-refractivity contribution in [3.05, 3.63) is 12.7 Å². The monoisotopic (exact) mass is 224 g/mol. The van der Waals surface area contributed by atoms with Crippen molar-refractivity contribution >= 4 is 23.0 Å². The largest absolute Gasteiger partial charge is 0.410 e. The van der Waals surface area contributed by atoms with Gasteiger partial charge in [0, 0.05) is 6.42 Å². The van der Waals surface area contributed by atoms with Crippen LogP contribution in [-0.2, 0) is 9.32 Å². The summed E-state index contributed by atoms with van der Waals surface area (Å²) in [7, 11) is -0.278. The van der Waals surface area contributed by atoms with Crippen LogP contribution in [0.1, 0.15) is 32.1 Å². The zero-order valence-corrected chi connectivity index (χ0v) is 9.59. The van der Waals surface area contributed by atoms with Crippen LogP contribution < -0.4 is 0 Å². The van der Waals surface area contributed by atoms with Gasteiger partial charge in [0.15, 0.2) is 0 Å². The van der Waals surface area contributed by atoms with Crippen LogP contribution in [0.2, 0.25) is 0 Å². The van der Waals surface area contributed by atoms with Crippen molar-refractivity contribution < 1.29 is 13.5 Å². The molecule has 0 rings (SSSR count). The highest BCUT2D eigenvalue weighted by Crippen LogP contribution is 2.47. The van der Waals surface area contributed by atoms with Crippen LogP contribution in [0.25, 0.3) is 0 Å². The molecule has 0 amide bonds. The summed E-state index contributed by atoms with van der Waals surface area (Å²) < 4.78 is 16.5. The van der Waals surface area contributed by atoms with Crippen LogP contribution in [-0.4, -0.2) is 5.97 Å². The fourth-order valence-electron chi connectivity index (χ4n) is 0.878. The molecule has 76 valence electrons. The molecule has 0 saturated carbocycles. The molecule has 0 aromatic rings. The molecule has 0 spiro atoms. The van der Waals surface area contributed by atoms with E-state index in [1.165, 1.54) is 0 Å². The van der Waals surface area contributed by atoms with E-state index in [2.05, 4.69) is 11.1 Å². The molecule has 0 bridgehead atoms. The van der Waals surface area contributed by atoms with Crippen LogP contribution in [0.3, 0.4) is 0 Å². The molecule has 0 radical (unpaired) electrons. The van der Waals surface area contributed by atoms with Crippen molar-refractivity contribution in [3.63, 3.8) is 0 Å². The Labute approximate surface area is 82.0 Å². The third kappa shape index (κ3) is 9.92. The van der Waals surface area contributed by atoms with E-state index in [4.69, 9.17) is 0 Å².